The van der Waals surface area contributed by atoms with Crippen molar-refractivity contribution < 1.29 is 14.3 Å². The number of thiazole rings is 1. The maximum absolute atomic E-state index is 12.1. The molecule has 2 heterocycles. The Morgan fingerprint density at radius 2 is 1.97 bits per heavy atom. The van der Waals surface area contributed by atoms with Crippen molar-refractivity contribution >= 4 is 35.7 Å². The lowest BCUT2D eigenvalue weighted by atomic mass is 10.0. The average molecular weight is 524 g/mol. The molecule has 2 aromatic heterocycles. The maximum atomic E-state index is 12.1. The van der Waals surface area contributed by atoms with Gasteiger partial charge in [-0.2, -0.15) is 0 Å². The van der Waals surface area contributed by atoms with Crippen LogP contribution in [-0.2, 0) is 9.53 Å². The van der Waals surface area contributed by atoms with Gasteiger partial charge in [-0.05, 0) is 56.5 Å². The minimum Gasteiger partial charge on any atom is -0.402 e. The van der Waals surface area contributed by atoms with Crippen molar-refractivity contribution in [2.45, 2.75) is 60.7 Å². The van der Waals surface area contributed by atoms with Gasteiger partial charge in [-0.25, -0.2) is 4.98 Å². The van der Waals surface area contributed by atoms with E-state index in [1.54, 1.807) is 22.9 Å². The van der Waals surface area contributed by atoms with Crippen LogP contribution in [0.2, 0.25) is 6.82 Å². The molecule has 0 spiro atoms. The molecule has 1 aromatic carbocycles. The Bertz CT molecular complexity index is 1130. The van der Waals surface area contributed by atoms with Gasteiger partial charge < -0.3 is 19.8 Å². The minimum atomic E-state index is -0.313. The summed E-state index contributed by atoms with van der Waals surface area (Å²) < 4.78 is 7.13. The van der Waals surface area contributed by atoms with Crippen LogP contribution in [0.15, 0.2) is 42.0 Å². The minimum absolute atomic E-state index is 0.113. The molecule has 9 heteroatoms. The molecule has 3 rings (SSSR count). The van der Waals surface area contributed by atoms with E-state index in [0.717, 1.165) is 47.9 Å². The van der Waals surface area contributed by atoms with Crippen LogP contribution in [0.5, 0.6) is 0 Å². The molecular weight excluding hydrogens is 483 g/mol. The van der Waals surface area contributed by atoms with E-state index in [4.69, 9.17) is 4.74 Å². The summed E-state index contributed by atoms with van der Waals surface area (Å²) in [6.07, 6.45) is 7.11. The Labute approximate surface area is 226 Å². The van der Waals surface area contributed by atoms with Crippen molar-refractivity contribution in [2.24, 2.45) is 5.92 Å². The van der Waals surface area contributed by atoms with Crippen molar-refractivity contribution in [2.75, 3.05) is 25.1 Å². The Kier molecular flexibility index (Phi) is 13.1. The van der Waals surface area contributed by atoms with E-state index in [1.807, 2.05) is 33.5 Å². The van der Waals surface area contributed by atoms with Gasteiger partial charge in [0.25, 0.3) is 5.91 Å². The van der Waals surface area contributed by atoms with E-state index in [9.17, 15) is 9.59 Å². The first-order valence-corrected chi connectivity index (χ1v) is 13.8. The topological polar surface area (TPSA) is 85.2 Å². The fraction of sp³-hybridized carbons (Fsp3) is 0.464. The quantitative estimate of drug-likeness (QED) is 0.227. The molecule has 0 fully saturated rings. The van der Waals surface area contributed by atoms with Crippen molar-refractivity contribution in [3.63, 3.8) is 0 Å². The molecule has 2 amide bonds. The van der Waals surface area contributed by atoms with Crippen molar-refractivity contribution in [1.29, 1.82) is 0 Å². The van der Waals surface area contributed by atoms with Crippen LogP contribution in [0.3, 0.4) is 0 Å². The third-order valence-corrected chi connectivity index (χ3v) is 6.66. The van der Waals surface area contributed by atoms with E-state index >= 15 is 0 Å². The van der Waals surface area contributed by atoms with Crippen LogP contribution in [0.1, 0.15) is 61.5 Å². The smallest absolute Gasteiger partial charge is 0.253 e. The number of ether oxygens (including phenoxy) is 1. The van der Waals surface area contributed by atoms with Gasteiger partial charge in [0, 0.05) is 30.4 Å². The number of aryl methyl sites for hydroxylation is 2. The largest absolute Gasteiger partial charge is 0.402 e. The molecule has 199 valence electrons. The van der Waals surface area contributed by atoms with E-state index in [1.165, 1.54) is 24.2 Å². The van der Waals surface area contributed by atoms with E-state index in [0.29, 0.717) is 10.7 Å². The zero-order chi connectivity index (χ0) is 27.2. The van der Waals surface area contributed by atoms with Gasteiger partial charge in [0.2, 0.25) is 13.3 Å². The van der Waals surface area contributed by atoms with E-state index < -0.39 is 0 Å². The summed E-state index contributed by atoms with van der Waals surface area (Å²) in [6, 6.07) is 7.89. The number of aromatic nitrogens is 2. The molecule has 2 N–H and O–H groups in total. The average Bonchev–Trinajstić information content (AvgIpc) is 3.57. The Morgan fingerprint density at radius 1 is 1.19 bits per heavy atom. The lowest BCUT2D eigenvalue weighted by Crippen LogP contribution is -2.32. The summed E-state index contributed by atoms with van der Waals surface area (Å²) >= 11 is 1.36. The monoisotopic (exact) mass is 523 g/mol. The third-order valence-electron chi connectivity index (χ3n) is 5.90. The summed E-state index contributed by atoms with van der Waals surface area (Å²) in [5.41, 5.74) is 4.68. The Hall–Kier alpha value is -2.91. The van der Waals surface area contributed by atoms with Crippen molar-refractivity contribution in [1.82, 2.24) is 14.8 Å². The van der Waals surface area contributed by atoms with Crippen LogP contribution in [0, 0.1) is 19.8 Å². The maximum Gasteiger partial charge on any atom is 0.253 e. The molecule has 0 saturated heterocycles. The molecule has 1 atom stereocenters. The van der Waals surface area contributed by atoms with Gasteiger partial charge in [-0.15, -0.1) is 11.3 Å². The van der Waals surface area contributed by atoms with E-state index in [2.05, 4.69) is 54.6 Å². The number of rotatable bonds is 12. The SMILES string of the molecule is CCCOCCC(C)CC.C[B]n1ccc(C(=O)NCC(=O)Nc2nc(-c3cc(C)ccc3C)cs2)c1. The zero-order valence-electron chi connectivity index (χ0n) is 23.0. The van der Waals surface area contributed by atoms with Crippen LogP contribution in [0.4, 0.5) is 5.13 Å². The predicted molar refractivity (Wildman–Crippen MR) is 155 cm³/mol. The lowest BCUT2D eigenvalue weighted by molar-refractivity contribution is -0.115. The molecule has 7 nitrogen and oxygen atoms in total. The first-order chi connectivity index (χ1) is 17.8. The lowest BCUT2D eigenvalue weighted by Gasteiger charge is -2.07. The first kappa shape index (κ1) is 30.3. The highest BCUT2D eigenvalue weighted by molar-refractivity contribution is 7.14. The summed E-state index contributed by atoms with van der Waals surface area (Å²) in [5.74, 6) is 0.226. The number of nitrogens with zero attached hydrogens (tertiary/aromatic N) is 2. The molecule has 0 saturated carbocycles. The third kappa shape index (κ3) is 10.5. The molecule has 0 aliphatic carbocycles. The second kappa shape index (κ2) is 16.0. The highest BCUT2D eigenvalue weighted by atomic mass is 32.1. The fourth-order valence-corrected chi connectivity index (χ4v) is 4.06. The summed E-state index contributed by atoms with van der Waals surface area (Å²) in [4.78, 5) is 28.7. The molecule has 0 aliphatic rings. The molecular formula is C28H40BN4O3S. The highest BCUT2D eigenvalue weighted by Crippen LogP contribution is 2.28. The number of benzene rings is 1. The Morgan fingerprint density at radius 3 is 2.65 bits per heavy atom. The number of nitrogens with one attached hydrogen (secondary N) is 2. The molecule has 1 radical (unpaired) electrons. The van der Waals surface area contributed by atoms with Gasteiger partial charge in [0.05, 0.1) is 17.8 Å². The van der Waals surface area contributed by atoms with Crippen LogP contribution in [0.25, 0.3) is 11.3 Å². The number of hydrogen-bond acceptors (Lipinski definition) is 5. The summed E-state index contributed by atoms with van der Waals surface area (Å²) in [6.45, 7) is 14.3. The molecule has 1 unspecified atom stereocenters. The predicted octanol–water partition coefficient (Wildman–Crippen LogP) is 5.96. The van der Waals surface area contributed by atoms with Gasteiger partial charge in [0.15, 0.2) is 5.13 Å². The normalized spacial score (nSPS) is 11.3. The zero-order valence-corrected chi connectivity index (χ0v) is 23.8. The fourth-order valence-electron chi connectivity index (χ4n) is 3.34. The summed E-state index contributed by atoms with van der Waals surface area (Å²) in [5, 5.41) is 7.77. The second-order valence-electron chi connectivity index (χ2n) is 9.11. The van der Waals surface area contributed by atoms with Gasteiger partial charge in [0.1, 0.15) is 0 Å². The molecule has 0 bridgehead atoms. The van der Waals surface area contributed by atoms with E-state index in [-0.39, 0.29) is 18.4 Å². The molecule has 37 heavy (non-hydrogen) atoms. The molecule has 0 aliphatic heterocycles. The van der Waals surface area contributed by atoms with Crippen LogP contribution < -0.4 is 10.6 Å². The van der Waals surface area contributed by atoms with Crippen molar-refractivity contribution in [3.8, 4) is 11.3 Å². The van der Waals surface area contributed by atoms with Gasteiger partial charge in [-0.3, -0.25) is 9.59 Å². The van der Waals surface area contributed by atoms with Crippen LogP contribution in [-0.4, -0.2) is 48.4 Å². The Balaban J connectivity index is 0.000000410. The van der Waals surface area contributed by atoms with Gasteiger partial charge in [-0.1, -0.05) is 51.7 Å². The highest BCUT2D eigenvalue weighted by Gasteiger charge is 2.12. The second-order valence-corrected chi connectivity index (χ2v) is 9.97. The first-order valence-electron chi connectivity index (χ1n) is 12.9. The number of carbonyl (C=O) groups is 2. The van der Waals surface area contributed by atoms with Crippen LogP contribution >= 0.6 is 11.3 Å². The van der Waals surface area contributed by atoms with Gasteiger partial charge >= 0.3 is 0 Å². The van der Waals surface area contributed by atoms with Crippen molar-refractivity contribution in [3.05, 3.63) is 58.7 Å². The molecule has 3 aromatic rings. The number of anilines is 1. The number of carbonyl (C=O) groups excluding carboxylic acids is 2. The number of hydrogen-bond donors (Lipinski definition) is 2. The standard InChI is InChI=1S/C19H20BN4O2S.C9H20O/c1-12-4-5-13(2)15(8-12)16-11-27-19(22-16)23-17(25)9-21-18(26)14-6-7-24(10-14)20-3;1-4-7-10-8-6-9(3)5-2/h4-8,10-11H,9H2,1-3H3,(H,21,26)(H,22,23,25);9H,4-8H2,1-3H3. The number of amides is 2. The summed E-state index contributed by atoms with van der Waals surface area (Å²) in [7, 11) is 1.83.